The van der Waals surface area contributed by atoms with Gasteiger partial charge >= 0.3 is 0 Å². The van der Waals surface area contributed by atoms with Gasteiger partial charge in [0.15, 0.2) is 0 Å². The topological polar surface area (TPSA) is 86.6 Å². The quantitative estimate of drug-likeness (QED) is 0.647. The molecule has 2 heterocycles. The van der Waals surface area contributed by atoms with Crippen molar-refractivity contribution in [1.29, 1.82) is 0 Å². The van der Waals surface area contributed by atoms with Gasteiger partial charge in [0.25, 0.3) is 5.91 Å². The average Bonchev–Trinajstić information content (AvgIpc) is 2.35. The Morgan fingerprint density at radius 3 is 3.31 bits per heavy atom. The molecule has 84 valence electrons. The fourth-order valence-corrected chi connectivity index (χ4v) is 1.39. The Bertz CT molecular complexity index is 431. The molecule has 0 unspecified atom stereocenters. The third kappa shape index (κ3) is 2.17. The molecule has 1 aromatic heterocycles. The molecule has 3 N–H and O–H groups in total. The van der Waals surface area contributed by atoms with E-state index in [1.165, 1.54) is 6.20 Å². The highest BCUT2D eigenvalue weighted by atomic mass is 16.3. The highest BCUT2D eigenvalue weighted by Gasteiger charge is 2.10. The van der Waals surface area contributed by atoms with Gasteiger partial charge in [0.2, 0.25) is 0 Å². The second-order valence-electron chi connectivity index (χ2n) is 3.29. The van der Waals surface area contributed by atoms with E-state index in [1.54, 1.807) is 12.3 Å². The zero-order valence-electron chi connectivity index (χ0n) is 8.60. The van der Waals surface area contributed by atoms with Gasteiger partial charge in [0.05, 0.1) is 12.2 Å². The summed E-state index contributed by atoms with van der Waals surface area (Å²) >= 11 is 0. The maximum Gasteiger partial charge on any atom is 0.252 e. The number of anilines is 1. The van der Waals surface area contributed by atoms with Crippen LogP contribution in [0.4, 0.5) is 5.82 Å². The summed E-state index contributed by atoms with van der Waals surface area (Å²) in [5.41, 5.74) is 1.25. The first kappa shape index (κ1) is 10.6. The van der Waals surface area contributed by atoms with Crippen molar-refractivity contribution in [3.63, 3.8) is 0 Å². The van der Waals surface area contributed by atoms with Gasteiger partial charge in [-0.25, -0.2) is 4.98 Å². The minimum atomic E-state index is -0.247. The fraction of sp³-hybridized carbons (Fsp3) is 0.300. The zero-order valence-corrected chi connectivity index (χ0v) is 8.60. The van der Waals surface area contributed by atoms with E-state index in [1.807, 2.05) is 0 Å². The molecule has 0 bridgehead atoms. The predicted molar refractivity (Wildman–Crippen MR) is 59.7 cm³/mol. The number of aromatic nitrogens is 1. The van der Waals surface area contributed by atoms with Gasteiger partial charge in [0.1, 0.15) is 12.5 Å². The number of nitrogens with one attached hydrogen (secondary N) is 2. The van der Waals surface area contributed by atoms with Crippen LogP contribution in [0.2, 0.25) is 0 Å². The molecule has 6 nitrogen and oxygen atoms in total. The van der Waals surface area contributed by atoms with E-state index in [2.05, 4.69) is 20.6 Å². The maximum atomic E-state index is 11.6. The number of nitrogens with zero attached hydrogens (tertiary/aromatic N) is 2. The van der Waals surface area contributed by atoms with E-state index < -0.39 is 0 Å². The number of hydrogen-bond donors (Lipinski definition) is 3. The molecule has 1 amide bonds. The molecule has 0 saturated carbocycles. The number of fused-ring (bicyclic) bond motifs is 1. The minimum Gasteiger partial charge on any atom is -0.395 e. The average molecular weight is 220 g/mol. The number of rotatable bonds is 3. The van der Waals surface area contributed by atoms with Gasteiger partial charge in [0, 0.05) is 24.5 Å². The standard InChI is InChI=1S/C10H12N4O2/c15-2-1-12-10(16)8-3-7-4-11-6-14-9(7)13-5-8/h3-5,15H,1-2,6H2,(H,12,16)(H,13,14). The van der Waals surface area contributed by atoms with E-state index >= 15 is 0 Å². The first-order valence-electron chi connectivity index (χ1n) is 4.94. The van der Waals surface area contributed by atoms with Crippen molar-refractivity contribution in [3.05, 3.63) is 23.4 Å². The van der Waals surface area contributed by atoms with E-state index in [9.17, 15) is 4.79 Å². The largest absolute Gasteiger partial charge is 0.395 e. The van der Waals surface area contributed by atoms with Gasteiger partial charge in [-0.05, 0) is 6.07 Å². The zero-order chi connectivity index (χ0) is 11.4. The van der Waals surface area contributed by atoms with Crippen LogP contribution in [0, 0.1) is 0 Å². The summed E-state index contributed by atoms with van der Waals surface area (Å²) in [7, 11) is 0. The number of pyridine rings is 1. The third-order valence-electron chi connectivity index (χ3n) is 2.14. The Morgan fingerprint density at radius 2 is 2.50 bits per heavy atom. The van der Waals surface area contributed by atoms with Gasteiger partial charge < -0.3 is 15.7 Å². The molecule has 0 radical (unpaired) electrons. The molecule has 16 heavy (non-hydrogen) atoms. The lowest BCUT2D eigenvalue weighted by Gasteiger charge is -2.12. The number of amides is 1. The van der Waals surface area contributed by atoms with Crippen LogP contribution >= 0.6 is 0 Å². The van der Waals surface area contributed by atoms with Gasteiger partial charge in [-0.2, -0.15) is 0 Å². The van der Waals surface area contributed by atoms with Crippen LogP contribution in [-0.2, 0) is 0 Å². The van der Waals surface area contributed by atoms with Crippen LogP contribution in [0.3, 0.4) is 0 Å². The summed E-state index contributed by atoms with van der Waals surface area (Å²) in [5.74, 6) is 0.483. The number of carbonyl (C=O) groups is 1. The van der Waals surface area contributed by atoms with Crippen molar-refractivity contribution in [2.45, 2.75) is 0 Å². The highest BCUT2D eigenvalue weighted by Crippen LogP contribution is 2.14. The second-order valence-corrected chi connectivity index (χ2v) is 3.29. The molecule has 0 atom stereocenters. The Labute approximate surface area is 92.4 Å². The minimum absolute atomic E-state index is 0.0763. The first-order valence-corrected chi connectivity index (χ1v) is 4.94. The van der Waals surface area contributed by atoms with Crippen LogP contribution in [0.1, 0.15) is 15.9 Å². The Kier molecular flexibility index (Phi) is 3.11. The summed E-state index contributed by atoms with van der Waals surface area (Å²) in [5, 5.41) is 14.1. The summed E-state index contributed by atoms with van der Waals surface area (Å²) < 4.78 is 0. The Balaban J connectivity index is 2.18. The molecule has 0 aromatic carbocycles. The molecule has 1 aromatic rings. The molecular formula is C10H12N4O2. The van der Waals surface area contributed by atoms with Crippen LogP contribution < -0.4 is 10.6 Å². The molecule has 0 saturated heterocycles. The molecule has 1 aliphatic heterocycles. The van der Waals surface area contributed by atoms with Crippen LogP contribution in [-0.4, -0.2) is 42.0 Å². The molecule has 0 aliphatic carbocycles. The normalized spacial score (nSPS) is 12.8. The third-order valence-corrected chi connectivity index (χ3v) is 2.14. The van der Waals surface area contributed by atoms with E-state index in [0.717, 1.165) is 11.4 Å². The van der Waals surface area contributed by atoms with E-state index in [-0.39, 0.29) is 19.1 Å². The van der Waals surface area contributed by atoms with Gasteiger partial charge in [-0.3, -0.25) is 9.79 Å². The monoisotopic (exact) mass is 220 g/mol. The molecule has 0 spiro atoms. The van der Waals surface area contributed by atoms with Crippen molar-refractivity contribution in [2.24, 2.45) is 4.99 Å². The molecule has 0 fully saturated rings. The molecule has 6 heteroatoms. The van der Waals surface area contributed by atoms with Gasteiger partial charge in [-0.15, -0.1) is 0 Å². The van der Waals surface area contributed by atoms with Crippen molar-refractivity contribution in [1.82, 2.24) is 10.3 Å². The summed E-state index contributed by atoms with van der Waals surface area (Å²) in [6, 6.07) is 1.71. The number of aliphatic hydroxyl groups is 1. The molecular weight excluding hydrogens is 208 g/mol. The lowest BCUT2D eigenvalue weighted by Crippen LogP contribution is -2.26. The Hall–Kier alpha value is -1.95. The van der Waals surface area contributed by atoms with E-state index in [0.29, 0.717) is 12.2 Å². The number of aliphatic hydroxyl groups excluding tert-OH is 1. The molecule has 1 aliphatic rings. The first-order chi connectivity index (χ1) is 7.81. The van der Waals surface area contributed by atoms with Crippen molar-refractivity contribution < 1.29 is 9.90 Å². The highest BCUT2D eigenvalue weighted by molar-refractivity contribution is 5.97. The Morgan fingerprint density at radius 1 is 1.62 bits per heavy atom. The summed E-state index contributed by atoms with van der Waals surface area (Å²) in [6.45, 7) is 0.672. The van der Waals surface area contributed by atoms with Crippen LogP contribution in [0.25, 0.3) is 0 Å². The lowest BCUT2D eigenvalue weighted by atomic mass is 10.2. The number of aliphatic imine (C=N–C) groups is 1. The van der Waals surface area contributed by atoms with Crippen molar-refractivity contribution >= 4 is 17.9 Å². The molecule has 2 rings (SSSR count). The van der Waals surface area contributed by atoms with Crippen LogP contribution in [0.15, 0.2) is 17.3 Å². The SMILES string of the molecule is O=C(NCCO)c1cnc2c(c1)C=NCN2. The summed E-state index contributed by atoms with van der Waals surface area (Å²) in [4.78, 5) is 19.7. The maximum absolute atomic E-state index is 11.6. The fourth-order valence-electron chi connectivity index (χ4n) is 1.39. The predicted octanol–water partition coefficient (Wildman–Crippen LogP) is -0.394. The van der Waals surface area contributed by atoms with Gasteiger partial charge in [-0.1, -0.05) is 0 Å². The van der Waals surface area contributed by atoms with Crippen LogP contribution in [0.5, 0.6) is 0 Å². The van der Waals surface area contributed by atoms with E-state index in [4.69, 9.17) is 5.11 Å². The van der Waals surface area contributed by atoms with Crippen molar-refractivity contribution in [2.75, 3.05) is 25.1 Å². The smallest absolute Gasteiger partial charge is 0.252 e. The lowest BCUT2D eigenvalue weighted by molar-refractivity contribution is 0.0944. The number of carbonyl (C=O) groups excluding carboxylic acids is 1. The summed E-state index contributed by atoms with van der Waals surface area (Å²) in [6.07, 6.45) is 3.18. The van der Waals surface area contributed by atoms with Crippen molar-refractivity contribution in [3.8, 4) is 0 Å². The number of hydrogen-bond acceptors (Lipinski definition) is 5. The second kappa shape index (κ2) is 4.71.